The number of amides is 4. The summed E-state index contributed by atoms with van der Waals surface area (Å²) in [6.45, 7) is 9.48. The summed E-state index contributed by atoms with van der Waals surface area (Å²) < 4.78 is 90.5. The molecule has 4 amide bonds. The second-order valence-corrected chi connectivity index (χ2v) is 18.0. The van der Waals surface area contributed by atoms with Crippen molar-refractivity contribution in [3.8, 4) is 11.6 Å². The van der Waals surface area contributed by atoms with Crippen LogP contribution in [0.2, 0.25) is 0 Å². The van der Waals surface area contributed by atoms with E-state index in [0.29, 0.717) is 57.1 Å². The molecule has 0 spiro atoms. The fourth-order valence-corrected chi connectivity index (χ4v) is 8.34. The van der Waals surface area contributed by atoms with Crippen molar-refractivity contribution in [3.63, 3.8) is 0 Å². The van der Waals surface area contributed by atoms with Crippen LogP contribution < -0.4 is 24.8 Å². The van der Waals surface area contributed by atoms with Gasteiger partial charge in [0.2, 0.25) is 23.3 Å². The van der Waals surface area contributed by atoms with Crippen molar-refractivity contribution in [1.82, 2.24) is 25.2 Å². The maximum atomic E-state index is 14.5. The number of carbonyl (C=O) groups excluding carboxylic acids is 4. The molecule has 2 saturated carbocycles. The van der Waals surface area contributed by atoms with Gasteiger partial charge >= 0.3 is 22.6 Å². The van der Waals surface area contributed by atoms with Gasteiger partial charge in [-0.3, -0.25) is 14.4 Å². The molecule has 1 aromatic heterocycles. The number of hydrogen-bond acceptors (Lipinski definition) is 11. The largest absolute Gasteiger partial charge is 0.497 e. The Morgan fingerprint density at radius 2 is 1.74 bits per heavy atom. The minimum Gasteiger partial charge on any atom is -0.497 e. The molecule has 19 heteroatoms. The number of ether oxygens (including phenoxy) is 3. The Morgan fingerprint density at radius 1 is 1.05 bits per heavy atom. The van der Waals surface area contributed by atoms with Gasteiger partial charge in [0.1, 0.15) is 29.5 Å². The van der Waals surface area contributed by atoms with E-state index in [-0.39, 0.29) is 25.3 Å². The number of carbonyl (C=O) groups is 4. The topological polar surface area (TPSA) is 192 Å². The smallest absolute Gasteiger partial charge is 0.427 e. The minimum absolute atomic E-state index is 0.105. The third kappa shape index (κ3) is 9.67. The molecule has 0 unspecified atom stereocenters. The summed E-state index contributed by atoms with van der Waals surface area (Å²) in [7, 11) is -3.03. The molecule has 0 bridgehead atoms. The number of nitrogens with zero attached hydrogens (tertiary/aromatic N) is 2. The van der Waals surface area contributed by atoms with Gasteiger partial charge in [0.05, 0.1) is 19.3 Å². The van der Waals surface area contributed by atoms with Crippen LogP contribution in [-0.4, -0.2) is 96.9 Å². The predicted molar refractivity (Wildman–Crippen MR) is 200 cm³/mol. The molecular weight excluding hydrogens is 776 g/mol. The first-order valence-corrected chi connectivity index (χ1v) is 20.4. The fraction of sp³-hybridized carbons (Fsp3) is 0.658. The fourth-order valence-electron chi connectivity index (χ4n) is 7.18. The lowest BCUT2D eigenvalue weighted by molar-refractivity contribution is -0.244. The molecule has 5 atom stereocenters. The van der Waals surface area contributed by atoms with E-state index in [1.807, 2.05) is 11.6 Å². The lowest BCUT2D eigenvalue weighted by atomic mass is 9.85. The summed E-state index contributed by atoms with van der Waals surface area (Å²) >= 11 is 0. The molecule has 57 heavy (non-hydrogen) atoms. The van der Waals surface area contributed by atoms with Gasteiger partial charge in [-0.15, -0.1) is 0 Å². The Balaban J connectivity index is 1.43. The van der Waals surface area contributed by atoms with Gasteiger partial charge in [0.25, 0.3) is 5.91 Å². The maximum absolute atomic E-state index is 14.5. The zero-order valence-electron chi connectivity index (χ0n) is 33.4. The highest BCUT2D eigenvalue weighted by molar-refractivity contribution is 7.85. The Kier molecular flexibility index (Phi) is 12.1. The number of methoxy groups -OCH3 is 1. The lowest BCUT2D eigenvalue weighted by Crippen LogP contribution is -2.60. The molecule has 2 heterocycles. The van der Waals surface area contributed by atoms with E-state index < -0.39 is 86.6 Å². The van der Waals surface area contributed by atoms with Crippen molar-refractivity contribution in [1.29, 1.82) is 0 Å². The number of alkyl carbamates (subject to hydrolysis) is 1. The molecule has 5 rings (SSSR count). The third-order valence-electron chi connectivity index (χ3n) is 10.8. The summed E-state index contributed by atoms with van der Waals surface area (Å²) in [6.07, 6.45) is -3.22. The van der Waals surface area contributed by atoms with Gasteiger partial charge in [-0.1, -0.05) is 47.5 Å². The predicted octanol–water partition coefficient (Wildman–Crippen LogP) is 5.07. The van der Waals surface area contributed by atoms with E-state index in [1.165, 1.54) is 13.3 Å². The number of benzene rings is 1. The second kappa shape index (κ2) is 15.8. The molecule has 316 valence electrons. The summed E-state index contributed by atoms with van der Waals surface area (Å²) in [4.78, 5) is 61.0. The average Bonchev–Trinajstić information content (AvgIpc) is 3.98. The molecule has 3 aliphatic rings. The van der Waals surface area contributed by atoms with E-state index in [2.05, 4.69) is 15.6 Å². The highest BCUT2D eigenvalue weighted by atomic mass is 32.2. The van der Waals surface area contributed by atoms with Crippen molar-refractivity contribution >= 4 is 44.9 Å². The first-order valence-electron chi connectivity index (χ1n) is 19.0. The molecule has 15 nitrogen and oxygen atoms in total. The summed E-state index contributed by atoms with van der Waals surface area (Å²) in [5.41, 5.74) is -6.54. The second-order valence-electron chi connectivity index (χ2n) is 16.7. The van der Waals surface area contributed by atoms with E-state index in [4.69, 9.17) is 18.4 Å². The highest BCUT2D eigenvalue weighted by Gasteiger charge is 2.62. The van der Waals surface area contributed by atoms with E-state index in [1.54, 1.807) is 52.0 Å². The number of halogens is 3. The van der Waals surface area contributed by atoms with E-state index in [9.17, 15) is 40.8 Å². The molecule has 1 aromatic carbocycles. The van der Waals surface area contributed by atoms with Crippen LogP contribution in [0.3, 0.4) is 0 Å². The Labute approximate surface area is 330 Å². The molecule has 2 aliphatic carbocycles. The van der Waals surface area contributed by atoms with Crippen LogP contribution in [-0.2, 0) is 33.6 Å². The Hall–Kier alpha value is -4.39. The number of pyridine rings is 1. The first kappa shape index (κ1) is 43.7. The van der Waals surface area contributed by atoms with Gasteiger partial charge in [-0.25, -0.2) is 18.7 Å². The molecule has 1 saturated heterocycles. The molecule has 1 aliphatic heterocycles. The monoisotopic (exact) mass is 827 g/mol. The van der Waals surface area contributed by atoms with Crippen LogP contribution in [0, 0.1) is 11.3 Å². The molecular formula is C38H52F3N5O10S. The van der Waals surface area contributed by atoms with E-state index >= 15 is 0 Å². The third-order valence-corrected chi connectivity index (χ3v) is 11.8. The number of likely N-dealkylation sites (tertiary alicyclic amines) is 1. The Morgan fingerprint density at radius 3 is 2.30 bits per heavy atom. The van der Waals surface area contributed by atoms with Crippen LogP contribution in [0.15, 0.2) is 30.5 Å². The zero-order valence-corrected chi connectivity index (χ0v) is 34.2. The zero-order chi connectivity index (χ0) is 42.4. The number of rotatable bonds is 15. The van der Waals surface area contributed by atoms with Crippen LogP contribution in [0.25, 0.3) is 10.8 Å². The number of nitrogens with one attached hydrogen (secondary N) is 3. The van der Waals surface area contributed by atoms with Crippen LogP contribution in [0.5, 0.6) is 11.6 Å². The molecule has 0 radical (unpaired) electrons. The van der Waals surface area contributed by atoms with Crippen molar-refractivity contribution < 1.29 is 59.2 Å². The van der Waals surface area contributed by atoms with Crippen LogP contribution in [0.1, 0.15) is 93.4 Å². The van der Waals surface area contributed by atoms with Crippen LogP contribution in [0.4, 0.5) is 18.0 Å². The van der Waals surface area contributed by atoms with Gasteiger partial charge in [0, 0.05) is 18.0 Å². The molecule has 3 N–H and O–H groups in total. The average molecular weight is 828 g/mol. The Bertz CT molecular complexity index is 1980. The standard InChI is InChI=1S/C38H52F3N5O10S/c1-9-14-36(15-16-36)56-57(51,52)45-32(49)37(20-23(37)10-2)44-29(47)27-19-25(54-30-26-12-11-24(53-8)18-22(26)13-17-42-30)21-46(27)31(48)28(34(3,4)5)43-33(50)55-35(6,7)38(39,40)41/h11-13,17-18,23,25,27-28H,9-10,14-16,19-21H2,1-8H3,(H,43,50)(H,44,47)(H,45,49)/t23-,25-,27+,28-,37-/m1/s1. The SMILES string of the molecule is CCCC1(OS(=O)(=O)NC(=O)[C@@]2(NC(=O)[C@@H]3C[C@@H](Oc4nccc5cc(OC)ccc45)CN3C(=O)[C@@H](NC(=O)OC(C)(C)C(F)(F)F)C(C)(C)C)C[C@H]2CC)CC1. The number of aromatic nitrogens is 1. The number of hydrogen-bond donors (Lipinski definition) is 3. The normalized spacial score (nSPS) is 23.6. The molecule has 3 fully saturated rings. The first-order chi connectivity index (χ1) is 26.4. The quantitative estimate of drug-likeness (QED) is 0.217. The summed E-state index contributed by atoms with van der Waals surface area (Å²) in [6, 6.07) is 4.11. The van der Waals surface area contributed by atoms with Gasteiger partial charge in [-0.05, 0) is 80.5 Å². The highest BCUT2D eigenvalue weighted by Crippen LogP contribution is 2.48. The van der Waals surface area contributed by atoms with E-state index in [0.717, 1.165) is 10.3 Å². The number of alkyl halides is 3. The number of fused-ring (bicyclic) bond motifs is 1. The van der Waals surface area contributed by atoms with Gasteiger partial charge in [0.15, 0.2) is 0 Å². The van der Waals surface area contributed by atoms with Gasteiger partial charge in [-0.2, -0.15) is 21.6 Å². The maximum Gasteiger partial charge on any atom is 0.427 e. The van der Waals surface area contributed by atoms with Crippen molar-refractivity contribution in [3.05, 3.63) is 30.5 Å². The summed E-state index contributed by atoms with van der Waals surface area (Å²) in [5.74, 6) is -2.32. The minimum atomic E-state index is -4.92. The van der Waals surface area contributed by atoms with Crippen LogP contribution >= 0.6 is 0 Å². The van der Waals surface area contributed by atoms with Crippen molar-refractivity contribution in [2.45, 2.75) is 135 Å². The molecule has 2 aromatic rings. The lowest BCUT2D eigenvalue weighted by Gasteiger charge is -2.36. The summed E-state index contributed by atoms with van der Waals surface area (Å²) in [5, 5.41) is 6.33. The van der Waals surface area contributed by atoms with Crippen molar-refractivity contribution in [2.24, 2.45) is 11.3 Å². The van der Waals surface area contributed by atoms with Crippen molar-refractivity contribution in [2.75, 3.05) is 13.7 Å². The van der Waals surface area contributed by atoms with Gasteiger partial charge < -0.3 is 29.7 Å².